The summed E-state index contributed by atoms with van der Waals surface area (Å²) in [4.78, 5) is 0. The molecule has 2 aromatic rings. The summed E-state index contributed by atoms with van der Waals surface area (Å²) in [5.74, 6) is -2.31. The van der Waals surface area contributed by atoms with Crippen molar-refractivity contribution >= 4 is 0 Å². The molecule has 2 unspecified atom stereocenters. The molecule has 24 heavy (non-hydrogen) atoms. The lowest BCUT2D eigenvalue weighted by Crippen LogP contribution is -2.60. The summed E-state index contributed by atoms with van der Waals surface area (Å²) in [6.45, 7) is 5.72. The molecule has 1 heterocycles. The van der Waals surface area contributed by atoms with Crippen molar-refractivity contribution in [3.8, 4) is 0 Å². The SMILES string of the molecule is CCOC1(c2ccccc2)OCCOC1(OCC)c1ccccc1. The lowest BCUT2D eigenvalue weighted by Gasteiger charge is -2.51. The van der Waals surface area contributed by atoms with Gasteiger partial charge in [-0.25, -0.2) is 0 Å². The van der Waals surface area contributed by atoms with Gasteiger partial charge < -0.3 is 18.9 Å². The Morgan fingerprint density at radius 2 is 1.08 bits per heavy atom. The minimum Gasteiger partial charge on any atom is -0.342 e. The van der Waals surface area contributed by atoms with E-state index in [4.69, 9.17) is 18.9 Å². The Balaban J connectivity index is 2.22. The molecule has 4 heteroatoms. The van der Waals surface area contributed by atoms with Gasteiger partial charge in [-0.05, 0) is 13.8 Å². The van der Waals surface area contributed by atoms with Crippen LogP contribution >= 0.6 is 0 Å². The van der Waals surface area contributed by atoms with Gasteiger partial charge in [-0.3, -0.25) is 0 Å². The second-order valence-corrected chi connectivity index (χ2v) is 5.53. The zero-order valence-electron chi connectivity index (χ0n) is 14.2. The predicted molar refractivity (Wildman–Crippen MR) is 91.4 cm³/mol. The lowest BCUT2D eigenvalue weighted by molar-refractivity contribution is -0.456. The maximum Gasteiger partial charge on any atom is 0.256 e. The zero-order chi connectivity index (χ0) is 16.9. The summed E-state index contributed by atoms with van der Waals surface area (Å²) < 4.78 is 24.9. The first-order valence-corrected chi connectivity index (χ1v) is 8.46. The van der Waals surface area contributed by atoms with Crippen molar-refractivity contribution < 1.29 is 18.9 Å². The third-order valence-electron chi connectivity index (χ3n) is 4.13. The molecule has 0 aliphatic carbocycles. The first-order valence-electron chi connectivity index (χ1n) is 8.46. The Kier molecular flexibility index (Phi) is 5.31. The van der Waals surface area contributed by atoms with E-state index >= 15 is 0 Å². The number of benzene rings is 2. The quantitative estimate of drug-likeness (QED) is 0.808. The Morgan fingerprint density at radius 3 is 1.42 bits per heavy atom. The zero-order valence-corrected chi connectivity index (χ0v) is 14.2. The van der Waals surface area contributed by atoms with Crippen LogP contribution < -0.4 is 0 Å². The van der Waals surface area contributed by atoms with E-state index in [0.29, 0.717) is 26.4 Å². The molecule has 1 saturated heterocycles. The summed E-state index contributed by atoms with van der Waals surface area (Å²) >= 11 is 0. The van der Waals surface area contributed by atoms with Crippen LogP contribution in [0.3, 0.4) is 0 Å². The Morgan fingerprint density at radius 1 is 0.708 bits per heavy atom. The number of ether oxygens (including phenoxy) is 4. The van der Waals surface area contributed by atoms with Crippen LogP contribution in [0.5, 0.6) is 0 Å². The van der Waals surface area contributed by atoms with E-state index in [-0.39, 0.29) is 0 Å². The van der Waals surface area contributed by atoms with E-state index < -0.39 is 11.6 Å². The van der Waals surface area contributed by atoms with Crippen LogP contribution in [0, 0.1) is 0 Å². The molecule has 128 valence electrons. The molecule has 1 fully saturated rings. The first kappa shape index (κ1) is 17.1. The average molecular weight is 328 g/mol. The third kappa shape index (κ3) is 2.76. The summed E-state index contributed by atoms with van der Waals surface area (Å²) in [6, 6.07) is 19.8. The van der Waals surface area contributed by atoms with Gasteiger partial charge in [-0.1, -0.05) is 60.7 Å². The van der Waals surface area contributed by atoms with Crippen molar-refractivity contribution in [1.29, 1.82) is 0 Å². The van der Waals surface area contributed by atoms with Crippen molar-refractivity contribution in [3.63, 3.8) is 0 Å². The maximum absolute atomic E-state index is 6.24. The third-order valence-corrected chi connectivity index (χ3v) is 4.13. The van der Waals surface area contributed by atoms with Crippen molar-refractivity contribution in [2.45, 2.75) is 25.4 Å². The topological polar surface area (TPSA) is 36.9 Å². The lowest BCUT2D eigenvalue weighted by atomic mass is 9.89. The Bertz CT molecular complexity index is 565. The normalized spacial score (nSPS) is 27.1. The second-order valence-electron chi connectivity index (χ2n) is 5.53. The standard InChI is InChI=1S/C20H24O4/c1-3-21-19(17-11-7-5-8-12-17)20(22-4-2,24-16-15-23-19)18-13-9-6-10-14-18/h5-14H,3-4,15-16H2,1-2H3. The van der Waals surface area contributed by atoms with E-state index in [9.17, 15) is 0 Å². The molecule has 0 radical (unpaired) electrons. The van der Waals surface area contributed by atoms with E-state index in [0.717, 1.165) is 11.1 Å². The van der Waals surface area contributed by atoms with Gasteiger partial charge in [-0.15, -0.1) is 0 Å². The average Bonchev–Trinajstić information content (AvgIpc) is 2.65. The fraction of sp³-hybridized carbons (Fsp3) is 0.400. The largest absolute Gasteiger partial charge is 0.342 e. The van der Waals surface area contributed by atoms with E-state index in [1.54, 1.807) is 0 Å². The maximum atomic E-state index is 6.24. The summed E-state index contributed by atoms with van der Waals surface area (Å²) in [6.07, 6.45) is 0. The molecule has 1 aliphatic rings. The number of hydrogen-bond acceptors (Lipinski definition) is 4. The minimum atomic E-state index is -1.15. The van der Waals surface area contributed by atoms with Gasteiger partial charge in [0.2, 0.25) is 0 Å². The molecule has 0 aromatic heterocycles. The van der Waals surface area contributed by atoms with Crippen LogP contribution in [0.15, 0.2) is 60.7 Å². The summed E-state index contributed by atoms with van der Waals surface area (Å²) in [7, 11) is 0. The molecule has 3 rings (SSSR count). The molecule has 4 nitrogen and oxygen atoms in total. The van der Waals surface area contributed by atoms with Gasteiger partial charge in [0, 0.05) is 24.3 Å². The predicted octanol–water partition coefficient (Wildman–Crippen LogP) is 3.81. The van der Waals surface area contributed by atoms with E-state index in [1.807, 2.05) is 74.5 Å². The smallest absolute Gasteiger partial charge is 0.256 e. The van der Waals surface area contributed by atoms with Crippen molar-refractivity contribution in [1.82, 2.24) is 0 Å². The van der Waals surface area contributed by atoms with Crippen LogP contribution in [0.4, 0.5) is 0 Å². The molecule has 0 saturated carbocycles. The van der Waals surface area contributed by atoms with Gasteiger partial charge in [0.05, 0.1) is 13.2 Å². The van der Waals surface area contributed by atoms with Crippen LogP contribution in [-0.4, -0.2) is 26.4 Å². The number of hydrogen-bond donors (Lipinski definition) is 0. The fourth-order valence-electron chi connectivity index (χ4n) is 3.27. The molecular formula is C20H24O4. The van der Waals surface area contributed by atoms with E-state index in [2.05, 4.69) is 0 Å². The van der Waals surface area contributed by atoms with Gasteiger partial charge in [0.25, 0.3) is 11.6 Å². The minimum absolute atomic E-state index is 0.441. The van der Waals surface area contributed by atoms with E-state index in [1.165, 1.54) is 0 Å². The molecule has 2 aromatic carbocycles. The second kappa shape index (κ2) is 7.45. The number of rotatable bonds is 6. The summed E-state index contributed by atoms with van der Waals surface area (Å²) in [5, 5.41) is 0. The van der Waals surface area contributed by atoms with Crippen molar-refractivity contribution in [3.05, 3.63) is 71.8 Å². The molecule has 0 N–H and O–H groups in total. The Labute approximate surface area is 143 Å². The van der Waals surface area contributed by atoms with Gasteiger partial charge in [0.15, 0.2) is 0 Å². The molecular weight excluding hydrogens is 304 g/mol. The van der Waals surface area contributed by atoms with Crippen LogP contribution in [-0.2, 0) is 30.5 Å². The van der Waals surface area contributed by atoms with Crippen LogP contribution in [0.2, 0.25) is 0 Å². The first-order chi connectivity index (χ1) is 11.8. The van der Waals surface area contributed by atoms with Crippen LogP contribution in [0.1, 0.15) is 25.0 Å². The highest BCUT2D eigenvalue weighted by molar-refractivity contribution is 5.31. The van der Waals surface area contributed by atoms with Crippen LogP contribution in [0.25, 0.3) is 0 Å². The highest BCUT2D eigenvalue weighted by atomic mass is 16.8. The van der Waals surface area contributed by atoms with Crippen molar-refractivity contribution in [2.75, 3.05) is 26.4 Å². The van der Waals surface area contributed by atoms with Crippen molar-refractivity contribution in [2.24, 2.45) is 0 Å². The fourth-order valence-corrected chi connectivity index (χ4v) is 3.27. The molecule has 0 spiro atoms. The van der Waals surface area contributed by atoms with Gasteiger partial charge in [-0.2, -0.15) is 0 Å². The highest BCUT2D eigenvalue weighted by Crippen LogP contribution is 2.50. The highest BCUT2D eigenvalue weighted by Gasteiger charge is 2.61. The Hall–Kier alpha value is -1.72. The monoisotopic (exact) mass is 328 g/mol. The molecule has 0 amide bonds. The molecule has 0 bridgehead atoms. The summed E-state index contributed by atoms with van der Waals surface area (Å²) in [5.41, 5.74) is 1.76. The molecule has 1 aliphatic heterocycles. The van der Waals surface area contributed by atoms with Gasteiger partial charge in [0.1, 0.15) is 0 Å². The molecule has 2 atom stereocenters. The van der Waals surface area contributed by atoms with Gasteiger partial charge >= 0.3 is 0 Å².